The van der Waals surface area contributed by atoms with E-state index in [9.17, 15) is 9.59 Å². The highest BCUT2D eigenvalue weighted by Gasteiger charge is 2.19. The van der Waals surface area contributed by atoms with Crippen molar-refractivity contribution in [1.82, 2.24) is 0 Å². The lowest BCUT2D eigenvalue weighted by Crippen LogP contribution is -2.11. The highest BCUT2D eigenvalue weighted by atomic mass is 16.5. The fourth-order valence-electron chi connectivity index (χ4n) is 2.77. The van der Waals surface area contributed by atoms with Gasteiger partial charge in [-0.05, 0) is 42.4 Å². The van der Waals surface area contributed by atoms with E-state index in [1.165, 1.54) is 31.2 Å². The van der Waals surface area contributed by atoms with Crippen LogP contribution in [0.5, 0.6) is 0 Å². The lowest BCUT2D eigenvalue weighted by atomic mass is 9.79. The first-order valence-electron chi connectivity index (χ1n) is 7.41. The maximum absolute atomic E-state index is 11.7. The number of hydrogen-bond donors (Lipinski definition) is 0. The van der Waals surface area contributed by atoms with Crippen LogP contribution in [0.3, 0.4) is 0 Å². The van der Waals surface area contributed by atoms with E-state index in [4.69, 9.17) is 4.74 Å². The third-order valence-electron chi connectivity index (χ3n) is 4.10. The van der Waals surface area contributed by atoms with E-state index in [2.05, 4.69) is 6.92 Å². The Balaban J connectivity index is 1.92. The van der Waals surface area contributed by atoms with Crippen molar-refractivity contribution in [3.8, 4) is 0 Å². The highest BCUT2D eigenvalue weighted by molar-refractivity contribution is 5.89. The second-order valence-electron chi connectivity index (χ2n) is 5.67. The number of aldehydes is 1. The van der Waals surface area contributed by atoms with Crippen LogP contribution in [-0.4, -0.2) is 18.9 Å². The molecule has 1 fully saturated rings. The number of benzene rings is 1. The quantitative estimate of drug-likeness (QED) is 0.467. The van der Waals surface area contributed by atoms with Crippen molar-refractivity contribution >= 4 is 12.3 Å². The van der Waals surface area contributed by atoms with Crippen LogP contribution in [0.15, 0.2) is 24.3 Å². The van der Waals surface area contributed by atoms with Crippen LogP contribution in [0.1, 0.15) is 60.9 Å². The van der Waals surface area contributed by atoms with Crippen LogP contribution in [0.2, 0.25) is 0 Å². The normalized spacial score (nSPS) is 22.2. The summed E-state index contributed by atoms with van der Waals surface area (Å²) in [6, 6.07) is 7.74. The second-order valence-corrected chi connectivity index (χ2v) is 5.67. The van der Waals surface area contributed by atoms with Crippen molar-refractivity contribution in [2.75, 3.05) is 6.61 Å². The SMILES string of the molecule is CC1CCC(c2ccc(C(=O)OCCC=O)cc2)CC1. The van der Waals surface area contributed by atoms with Crippen LogP contribution in [0.25, 0.3) is 0 Å². The summed E-state index contributed by atoms with van der Waals surface area (Å²) in [6.45, 7) is 2.47. The molecule has 0 aromatic heterocycles. The van der Waals surface area contributed by atoms with Crippen molar-refractivity contribution in [3.05, 3.63) is 35.4 Å². The number of carbonyl (C=O) groups excluding carboxylic acids is 2. The van der Waals surface area contributed by atoms with Gasteiger partial charge in [-0.3, -0.25) is 0 Å². The average Bonchev–Trinajstić information content (AvgIpc) is 2.48. The fraction of sp³-hybridized carbons (Fsp3) is 0.529. The molecular weight excluding hydrogens is 252 g/mol. The van der Waals surface area contributed by atoms with Gasteiger partial charge in [0.05, 0.1) is 12.2 Å². The van der Waals surface area contributed by atoms with Gasteiger partial charge in [-0.2, -0.15) is 0 Å². The maximum atomic E-state index is 11.7. The topological polar surface area (TPSA) is 43.4 Å². The molecule has 20 heavy (non-hydrogen) atoms. The zero-order valence-electron chi connectivity index (χ0n) is 12.0. The first-order valence-corrected chi connectivity index (χ1v) is 7.41. The lowest BCUT2D eigenvalue weighted by Gasteiger charge is -2.26. The summed E-state index contributed by atoms with van der Waals surface area (Å²) >= 11 is 0. The molecule has 0 N–H and O–H groups in total. The predicted molar refractivity (Wildman–Crippen MR) is 77.8 cm³/mol. The molecule has 2 rings (SSSR count). The molecule has 0 aliphatic heterocycles. The summed E-state index contributed by atoms with van der Waals surface area (Å²) in [7, 11) is 0. The summed E-state index contributed by atoms with van der Waals surface area (Å²) in [4.78, 5) is 21.9. The van der Waals surface area contributed by atoms with E-state index in [-0.39, 0.29) is 19.0 Å². The van der Waals surface area contributed by atoms with Crippen LogP contribution in [-0.2, 0) is 9.53 Å². The molecule has 0 bridgehead atoms. The van der Waals surface area contributed by atoms with Crippen LogP contribution < -0.4 is 0 Å². The minimum absolute atomic E-state index is 0.157. The molecule has 0 heterocycles. The first-order chi connectivity index (χ1) is 9.70. The lowest BCUT2D eigenvalue weighted by molar-refractivity contribution is -0.108. The van der Waals surface area contributed by atoms with Crippen molar-refractivity contribution in [2.24, 2.45) is 5.92 Å². The zero-order valence-corrected chi connectivity index (χ0v) is 12.0. The molecule has 1 aliphatic carbocycles. The Hall–Kier alpha value is -1.64. The van der Waals surface area contributed by atoms with Crippen molar-refractivity contribution in [1.29, 1.82) is 0 Å². The number of esters is 1. The van der Waals surface area contributed by atoms with Gasteiger partial charge in [0.2, 0.25) is 0 Å². The molecule has 0 unspecified atom stereocenters. The molecule has 0 saturated heterocycles. The Morgan fingerprint density at radius 1 is 1.20 bits per heavy atom. The molecule has 0 radical (unpaired) electrons. The zero-order chi connectivity index (χ0) is 14.4. The maximum Gasteiger partial charge on any atom is 0.338 e. The molecule has 0 spiro atoms. The van der Waals surface area contributed by atoms with E-state index in [0.717, 1.165) is 12.2 Å². The van der Waals surface area contributed by atoms with E-state index in [1.807, 2.05) is 24.3 Å². The molecule has 3 nitrogen and oxygen atoms in total. The van der Waals surface area contributed by atoms with E-state index in [0.29, 0.717) is 11.5 Å². The Bertz CT molecular complexity index is 442. The van der Waals surface area contributed by atoms with E-state index in [1.54, 1.807) is 0 Å². The average molecular weight is 274 g/mol. The van der Waals surface area contributed by atoms with Gasteiger partial charge < -0.3 is 9.53 Å². The third-order valence-corrected chi connectivity index (χ3v) is 4.10. The molecule has 3 heteroatoms. The van der Waals surface area contributed by atoms with Gasteiger partial charge in [0, 0.05) is 6.42 Å². The molecule has 1 aromatic rings. The van der Waals surface area contributed by atoms with Gasteiger partial charge in [0.1, 0.15) is 6.29 Å². The van der Waals surface area contributed by atoms with Crippen molar-refractivity contribution in [3.63, 3.8) is 0 Å². The first kappa shape index (κ1) is 14.8. The Labute approximate surface area is 120 Å². The predicted octanol–water partition coefficient (Wildman–Crippen LogP) is 3.73. The number of ether oxygens (including phenoxy) is 1. The van der Waals surface area contributed by atoms with Gasteiger partial charge in [-0.25, -0.2) is 4.79 Å². The van der Waals surface area contributed by atoms with Gasteiger partial charge in [0.25, 0.3) is 0 Å². The van der Waals surface area contributed by atoms with E-state index < -0.39 is 0 Å². The monoisotopic (exact) mass is 274 g/mol. The van der Waals surface area contributed by atoms with Crippen LogP contribution in [0, 0.1) is 5.92 Å². The summed E-state index contributed by atoms with van der Waals surface area (Å²) < 4.78 is 5.00. The largest absolute Gasteiger partial charge is 0.462 e. The van der Waals surface area contributed by atoms with Gasteiger partial charge >= 0.3 is 5.97 Å². The summed E-state index contributed by atoms with van der Waals surface area (Å²) in [6.07, 6.45) is 6.07. The third kappa shape index (κ3) is 3.92. The van der Waals surface area contributed by atoms with Gasteiger partial charge in [-0.1, -0.05) is 31.9 Å². The van der Waals surface area contributed by atoms with Crippen molar-refractivity contribution < 1.29 is 14.3 Å². The fourth-order valence-corrected chi connectivity index (χ4v) is 2.77. The van der Waals surface area contributed by atoms with Crippen molar-refractivity contribution in [2.45, 2.75) is 44.9 Å². The Morgan fingerprint density at radius 3 is 2.45 bits per heavy atom. The molecular formula is C17H22O3. The number of rotatable bonds is 5. The molecule has 0 atom stereocenters. The summed E-state index contributed by atoms with van der Waals surface area (Å²) in [5.74, 6) is 1.13. The summed E-state index contributed by atoms with van der Waals surface area (Å²) in [5, 5.41) is 0. The van der Waals surface area contributed by atoms with Crippen LogP contribution in [0.4, 0.5) is 0 Å². The summed E-state index contributed by atoms with van der Waals surface area (Å²) in [5.41, 5.74) is 1.88. The van der Waals surface area contributed by atoms with Gasteiger partial charge in [0.15, 0.2) is 0 Å². The minimum Gasteiger partial charge on any atom is -0.462 e. The van der Waals surface area contributed by atoms with Crippen LogP contribution >= 0.6 is 0 Å². The molecule has 1 saturated carbocycles. The standard InChI is InChI=1S/C17H22O3/c1-13-3-5-14(6-4-13)15-7-9-16(10-8-15)17(19)20-12-2-11-18/h7-11,13-14H,2-6,12H2,1H3. The molecule has 108 valence electrons. The molecule has 1 aromatic carbocycles. The van der Waals surface area contributed by atoms with E-state index >= 15 is 0 Å². The van der Waals surface area contributed by atoms with Gasteiger partial charge in [-0.15, -0.1) is 0 Å². The smallest absolute Gasteiger partial charge is 0.338 e. The Morgan fingerprint density at radius 2 is 1.85 bits per heavy atom. The number of hydrogen-bond acceptors (Lipinski definition) is 3. The molecule has 0 amide bonds. The minimum atomic E-state index is -0.351. The number of carbonyl (C=O) groups is 2. The highest BCUT2D eigenvalue weighted by Crippen LogP contribution is 2.35. The Kier molecular flexibility index (Phi) is 5.33. The second kappa shape index (κ2) is 7.22. The molecule has 1 aliphatic rings.